The summed E-state index contributed by atoms with van der Waals surface area (Å²) < 4.78 is 0. The second kappa shape index (κ2) is 5.55. The van der Waals surface area contributed by atoms with Gasteiger partial charge in [0.2, 0.25) is 5.91 Å². The first-order valence-electron chi connectivity index (χ1n) is 4.87. The van der Waals surface area contributed by atoms with Crippen molar-refractivity contribution >= 4 is 11.7 Å². The highest BCUT2D eigenvalue weighted by atomic mass is 16.4. The fourth-order valence-electron chi connectivity index (χ4n) is 1.17. The van der Waals surface area contributed by atoms with Crippen LogP contribution in [0.5, 0.6) is 0 Å². The summed E-state index contributed by atoms with van der Waals surface area (Å²) in [6.45, 7) is 5.34. The minimum Gasteiger partial charge on any atom is -0.409 e. The van der Waals surface area contributed by atoms with E-state index in [0.29, 0.717) is 6.42 Å². The molecule has 0 heterocycles. The predicted molar refractivity (Wildman–Crippen MR) is 58.5 cm³/mol. The first-order chi connectivity index (χ1) is 6.83. The summed E-state index contributed by atoms with van der Waals surface area (Å²) in [4.78, 5) is 11.1. The largest absolute Gasteiger partial charge is 0.409 e. The van der Waals surface area contributed by atoms with Crippen molar-refractivity contribution in [2.75, 3.05) is 0 Å². The third-order valence-electron chi connectivity index (χ3n) is 2.26. The Labute approximate surface area is 89.7 Å². The number of primary amides is 1. The summed E-state index contributed by atoms with van der Waals surface area (Å²) in [6.07, 6.45) is 1.14. The third kappa shape index (κ3) is 4.64. The van der Waals surface area contributed by atoms with Gasteiger partial charge in [0.25, 0.3) is 0 Å². The van der Waals surface area contributed by atoms with Gasteiger partial charge in [0, 0.05) is 12.5 Å². The second-order valence-electron chi connectivity index (χ2n) is 4.03. The Morgan fingerprint density at radius 1 is 1.53 bits per heavy atom. The van der Waals surface area contributed by atoms with Gasteiger partial charge in [0.05, 0.1) is 5.54 Å². The van der Waals surface area contributed by atoms with Gasteiger partial charge in [0.1, 0.15) is 5.84 Å². The van der Waals surface area contributed by atoms with E-state index in [9.17, 15) is 4.79 Å². The Morgan fingerprint density at radius 2 is 2.07 bits per heavy atom. The number of nitrogens with zero attached hydrogens (tertiary/aromatic N) is 1. The number of nitrogens with two attached hydrogens (primary N) is 2. The lowest BCUT2D eigenvalue weighted by molar-refractivity contribution is -0.123. The maximum Gasteiger partial charge on any atom is 0.237 e. The van der Waals surface area contributed by atoms with Crippen LogP contribution in [-0.4, -0.2) is 28.5 Å². The van der Waals surface area contributed by atoms with E-state index in [0.717, 1.165) is 6.42 Å². The fraction of sp³-hybridized carbons (Fsp3) is 0.778. The van der Waals surface area contributed by atoms with Crippen LogP contribution in [-0.2, 0) is 4.79 Å². The van der Waals surface area contributed by atoms with Crippen LogP contribution in [0.15, 0.2) is 5.16 Å². The van der Waals surface area contributed by atoms with Gasteiger partial charge in [-0.25, -0.2) is 0 Å². The topological polar surface area (TPSA) is 114 Å². The fourth-order valence-corrected chi connectivity index (χ4v) is 1.17. The van der Waals surface area contributed by atoms with E-state index in [2.05, 4.69) is 10.5 Å². The molecule has 0 aromatic heterocycles. The molecule has 1 amide bonds. The van der Waals surface area contributed by atoms with E-state index >= 15 is 0 Å². The van der Waals surface area contributed by atoms with Gasteiger partial charge >= 0.3 is 0 Å². The number of amidine groups is 1. The van der Waals surface area contributed by atoms with Crippen LogP contribution in [0.25, 0.3) is 0 Å². The molecule has 0 rings (SSSR count). The minimum absolute atomic E-state index is 0.0385. The molecular formula is C9H20N4O2. The molecule has 1 unspecified atom stereocenters. The molecule has 0 aromatic carbocycles. The number of carbonyl (C=O) groups excluding carboxylic acids is 1. The molecule has 0 spiro atoms. The molecule has 88 valence electrons. The Hall–Kier alpha value is -1.30. The molecule has 0 radical (unpaired) electrons. The molecule has 0 aliphatic heterocycles. The predicted octanol–water partition coefficient (Wildman–Crippen LogP) is -0.245. The number of rotatable bonds is 6. The molecule has 0 saturated heterocycles. The lowest BCUT2D eigenvalue weighted by atomic mass is 10.0. The summed E-state index contributed by atoms with van der Waals surface area (Å²) in [5.74, 6) is -0.296. The van der Waals surface area contributed by atoms with E-state index in [4.69, 9.17) is 16.7 Å². The van der Waals surface area contributed by atoms with Gasteiger partial charge in [-0.3, -0.25) is 4.79 Å². The summed E-state index contributed by atoms with van der Waals surface area (Å²) in [7, 11) is 0. The molecule has 6 heteroatoms. The van der Waals surface area contributed by atoms with E-state index in [1.165, 1.54) is 0 Å². The van der Waals surface area contributed by atoms with E-state index in [1.54, 1.807) is 13.8 Å². The van der Waals surface area contributed by atoms with Crippen molar-refractivity contribution in [1.29, 1.82) is 0 Å². The molecular weight excluding hydrogens is 196 g/mol. The zero-order valence-electron chi connectivity index (χ0n) is 9.45. The van der Waals surface area contributed by atoms with Gasteiger partial charge in [-0.05, 0) is 20.3 Å². The van der Waals surface area contributed by atoms with Crippen molar-refractivity contribution in [3.63, 3.8) is 0 Å². The molecule has 0 fully saturated rings. The van der Waals surface area contributed by atoms with Gasteiger partial charge in [-0.1, -0.05) is 12.1 Å². The van der Waals surface area contributed by atoms with Crippen LogP contribution >= 0.6 is 0 Å². The third-order valence-corrected chi connectivity index (χ3v) is 2.26. The van der Waals surface area contributed by atoms with Gasteiger partial charge in [-0.2, -0.15) is 0 Å². The quantitative estimate of drug-likeness (QED) is 0.212. The second-order valence-corrected chi connectivity index (χ2v) is 4.03. The summed E-state index contributed by atoms with van der Waals surface area (Å²) in [5, 5.41) is 14.4. The highest BCUT2D eigenvalue weighted by molar-refractivity contribution is 5.84. The van der Waals surface area contributed by atoms with Crippen LogP contribution < -0.4 is 16.8 Å². The standard InChI is InChI=1S/C9H20N4O2/c1-4-6(5-7(10)13-15)12-9(2,3)8(11)14/h6,12,15H,4-5H2,1-3H3,(H2,10,13)(H2,11,14). The van der Waals surface area contributed by atoms with Crippen molar-refractivity contribution in [3.8, 4) is 0 Å². The number of nitrogens with one attached hydrogen (secondary N) is 1. The zero-order chi connectivity index (χ0) is 12.1. The van der Waals surface area contributed by atoms with E-state index in [1.807, 2.05) is 6.92 Å². The van der Waals surface area contributed by atoms with E-state index in [-0.39, 0.29) is 11.9 Å². The molecule has 0 aromatic rings. The molecule has 6 N–H and O–H groups in total. The summed E-state index contributed by atoms with van der Waals surface area (Å²) in [5.41, 5.74) is 9.82. The van der Waals surface area contributed by atoms with Gasteiger partial charge in [0.15, 0.2) is 0 Å². The van der Waals surface area contributed by atoms with Crippen LogP contribution in [0.3, 0.4) is 0 Å². The Balaban J connectivity index is 4.39. The molecule has 0 saturated carbocycles. The van der Waals surface area contributed by atoms with Crippen LogP contribution in [0.2, 0.25) is 0 Å². The number of hydrogen-bond donors (Lipinski definition) is 4. The number of oxime groups is 1. The van der Waals surface area contributed by atoms with Crippen LogP contribution in [0.4, 0.5) is 0 Å². The zero-order valence-corrected chi connectivity index (χ0v) is 9.45. The lowest BCUT2D eigenvalue weighted by Crippen LogP contribution is -2.55. The van der Waals surface area contributed by atoms with Crippen molar-refractivity contribution < 1.29 is 10.0 Å². The smallest absolute Gasteiger partial charge is 0.237 e. The maximum atomic E-state index is 11.1. The molecule has 1 atom stereocenters. The summed E-state index contributed by atoms with van der Waals surface area (Å²) in [6, 6.07) is -0.0385. The van der Waals surface area contributed by atoms with Crippen molar-refractivity contribution in [3.05, 3.63) is 0 Å². The maximum absolute atomic E-state index is 11.1. The Kier molecular flexibility index (Phi) is 5.07. The Morgan fingerprint density at radius 3 is 2.40 bits per heavy atom. The number of amides is 1. The SMILES string of the molecule is CCC(CC(N)=NO)NC(C)(C)C(N)=O. The summed E-state index contributed by atoms with van der Waals surface area (Å²) >= 11 is 0. The van der Waals surface area contributed by atoms with Gasteiger partial charge < -0.3 is 22.0 Å². The Bertz CT molecular complexity index is 250. The van der Waals surface area contributed by atoms with Crippen molar-refractivity contribution in [2.24, 2.45) is 16.6 Å². The van der Waals surface area contributed by atoms with Crippen LogP contribution in [0.1, 0.15) is 33.6 Å². The normalized spacial score (nSPS) is 15.0. The first-order valence-corrected chi connectivity index (χ1v) is 4.87. The lowest BCUT2D eigenvalue weighted by Gasteiger charge is -2.28. The molecule has 15 heavy (non-hydrogen) atoms. The van der Waals surface area contributed by atoms with Crippen molar-refractivity contribution in [2.45, 2.75) is 45.2 Å². The average Bonchev–Trinajstić information content (AvgIpc) is 2.15. The molecule has 0 aliphatic carbocycles. The monoisotopic (exact) mass is 216 g/mol. The molecule has 0 bridgehead atoms. The highest BCUT2D eigenvalue weighted by Gasteiger charge is 2.27. The minimum atomic E-state index is -0.795. The number of hydrogen-bond acceptors (Lipinski definition) is 4. The average molecular weight is 216 g/mol. The molecule has 6 nitrogen and oxygen atoms in total. The highest BCUT2D eigenvalue weighted by Crippen LogP contribution is 2.07. The van der Waals surface area contributed by atoms with Gasteiger partial charge in [-0.15, -0.1) is 0 Å². The van der Waals surface area contributed by atoms with Crippen LogP contribution in [0, 0.1) is 0 Å². The number of carbonyl (C=O) groups is 1. The molecule has 0 aliphatic rings. The first kappa shape index (κ1) is 13.7. The van der Waals surface area contributed by atoms with E-state index < -0.39 is 11.4 Å². The van der Waals surface area contributed by atoms with Crippen molar-refractivity contribution in [1.82, 2.24) is 5.32 Å².